The Morgan fingerprint density at radius 1 is 0.478 bits per heavy atom. The maximum Gasteiger partial charge on any atom is 0.115 e. The molecule has 12 rings (SSSR count). The van der Waals surface area contributed by atoms with Crippen LogP contribution in [0.3, 0.4) is 0 Å². The first-order chi connectivity index (χ1) is 33.2. The van der Waals surface area contributed by atoms with Gasteiger partial charge in [-0.2, -0.15) is 0 Å². The van der Waals surface area contributed by atoms with Gasteiger partial charge in [-0.15, -0.1) is 0 Å². The lowest BCUT2D eigenvalue weighted by Crippen LogP contribution is -2.28. The fourth-order valence-electron chi connectivity index (χ4n) is 10.5. The quantitative estimate of drug-likeness (QED) is 0.144. The third-order valence-corrected chi connectivity index (χ3v) is 13.6. The van der Waals surface area contributed by atoms with E-state index in [9.17, 15) is 0 Å². The first-order valence-electron chi connectivity index (χ1n) is 22.9. The van der Waals surface area contributed by atoms with Crippen molar-refractivity contribution in [2.24, 2.45) is 4.99 Å². The second-order valence-corrected chi connectivity index (χ2v) is 17.4. The van der Waals surface area contributed by atoms with Crippen LogP contribution in [0.1, 0.15) is 75.3 Å². The highest BCUT2D eigenvalue weighted by Crippen LogP contribution is 2.57. The minimum atomic E-state index is -0.492. The van der Waals surface area contributed by atoms with Crippen LogP contribution in [0, 0.1) is 0 Å². The van der Waals surface area contributed by atoms with Crippen molar-refractivity contribution in [1.29, 1.82) is 0 Å². The molecule has 0 radical (unpaired) electrons. The van der Waals surface area contributed by atoms with E-state index in [0.717, 1.165) is 69.9 Å². The Hall–Kier alpha value is -8.48. The Morgan fingerprint density at radius 2 is 1.12 bits per heavy atom. The lowest BCUT2D eigenvalue weighted by atomic mass is 9.67. The number of aromatic nitrogens is 5. The average Bonchev–Trinajstić information content (AvgIpc) is 3.72. The van der Waals surface area contributed by atoms with Gasteiger partial charge in [-0.05, 0) is 116 Å². The van der Waals surface area contributed by atoms with E-state index in [1.807, 2.05) is 30.9 Å². The highest BCUT2D eigenvalue weighted by Gasteiger charge is 2.46. The van der Waals surface area contributed by atoms with Crippen molar-refractivity contribution in [3.63, 3.8) is 0 Å². The number of hydrogen-bond acceptors (Lipinski definition) is 6. The number of benzene rings is 6. The molecule has 0 bridgehead atoms. The Morgan fingerprint density at radius 3 is 1.90 bits per heavy atom. The molecular formula is C61H44N6. The molecule has 0 amide bonds. The van der Waals surface area contributed by atoms with Gasteiger partial charge in [0, 0.05) is 53.1 Å². The molecule has 0 N–H and O–H groups in total. The number of allylic oxidation sites excluding steroid dienone is 5. The fraction of sp³-hybridized carbons (Fsp3) is 0.0820. The van der Waals surface area contributed by atoms with Crippen molar-refractivity contribution in [1.82, 2.24) is 24.9 Å². The molecule has 4 heterocycles. The molecule has 6 heteroatoms. The summed E-state index contributed by atoms with van der Waals surface area (Å²) in [6.07, 6.45) is 20.1. The summed E-state index contributed by atoms with van der Waals surface area (Å²) in [5, 5.41) is 0. The van der Waals surface area contributed by atoms with Gasteiger partial charge in [-0.25, -0.2) is 24.9 Å². The molecule has 6 nitrogen and oxygen atoms in total. The zero-order valence-corrected chi connectivity index (χ0v) is 36.7. The van der Waals surface area contributed by atoms with Crippen LogP contribution in [0.15, 0.2) is 231 Å². The molecule has 0 saturated heterocycles. The molecule has 9 aromatic rings. The molecule has 67 heavy (non-hydrogen) atoms. The first kappa shape index (κ1) is 40.1. The van der Waals surface area contributed by atoms with Crippen LogP contribution in [0.2, 0.25) is 0 Å². The van der Waals surface area contributed by atoms with Crippen LogP contribution < -0.4 is 0 Å². The summed E-state index contributed by atoms with van der Waals surface area (Å²) in [7, 11) is 0. The van der Waals surface area contributed by atoms with Crippen LogP contribution in [-0.4, -0.2) is 30.6 Å². The SMILES string of the molecule is C1=C(c2cccc(C3=NC(c4cncnc4)=CCC3)c2)C=C(c2ccc3c(c2)C(c2ccccc2)(c2ccccc2)c2ccccc2-3)CC1c1cccc(-c2cccc(-c3cncnc3)n2)c1. The molecular weight excluding hydrogens is 817 g/mol. The predicted molar refractivity (Wildman–Crippen MR) is 270 cm³/mol. The monoisotopic (exact) mass is 860 g/mol. The van der Waals surface area contributed by atoms with Gasteiger partial charge >= 0.3 is 0 Å². The van der Waals surface area contributed by atoms with Crippen molar-refractivity contribution in [3.05, 3.63) is 276 Å². The normalized spacial score (nSPS) is 15.9. The minimum absolute atomic E-state index is 0.0856. The van der Waals surface area contributed by atoms with E-state index < -0.39 is 5.41 Å². The van der Waals surface area contributed by atoms with Crippen LogP contribution >= 0.6 is 0 Å². The maximum atomic E-state index is 5.16. The third kappa shape index (κ3) is 7.33. The van der Waals surface area contributed by atoms with Gasteiger partial charge in [-0.1, -0.05) is 158 Å². The number of rotatable bonds is 9. The molecule has 6 aromatic carbocycles. The predicted octanol–water partition coefficient (Wildman–Crippen LogP) is 13.6. The highest BCUT2D eigenvalue weighted by atomic mass is 14.8. The molecule has 1 aliphatic heterocycles. The van der Waals surface area contributed by atoms with Gasteiger partial charge in [0.25, 0.3) is 0 Å². The second-order valence-electron chi connectivity index (χ2n) is 17.4. The van der Waals surface area contributed by atoms with Crippen molar-refractivity contribution in [3.8, 4) is 33.6 Å². The van der Waals surface area contributed by atoms with Gasteiger partial charge in [0.05, 0.1) is 22.5 Å². The number of pyridine rings is 1. The van der Waals surface area contributed by atoms with Crippen molar-refractivity contribution in [2.75, 3.05) is 0 Å². The second kappa shape index (κ2) is 17.1. The van der Waals surface area contributed by atoms with Gasteiger partial charge in [0.2, 0.25) is 0 Å². The van der Waals surface area contributed by atoms with E-state index in [4.69, 9.17) is 9.98 Å². The zero-order chi connectivity index (χ0) is 44.6. The lowest BCUT2D eigenvalue weighted by molar-refractivity contribution is 0.767. The molecule has 318 valence electrons. The summed E-state index contributed by atoms with van der Waals surface area (Å²) in [6.45, 7) is 0. The molecule has 0 spiro atoms. The van der Waals surface area contributed by atoms with Gasteiger partial charge < -0.3 is 0 Å². The number of fused-ring (bicyclic) bond motifs is 3. The topological polar surface area (TPSA) is 76.8 Å². The molecule has 3 aliphatic rings. The van der Waals surface area contributed by atoms with Gasteiger partial charge in [-0.3, -0.25) is 4.99 Å². The smallest absolute Gasteiger partial charge is 0.115 e. The van der Waals surface area contributed by atoms with E-state index >= 15 is 0 Å². The van der Waals surface area contributed by atoms with E-state index in [1.165, 1.54) is 55.7 Å². The molecule has 2 aliphatic carbocycles. The summed E-state index contributed by atoms with van der Waals surface area (Å²) in [4.78, 5) is 27.3. The Balaban J connectivity index is 0.993. The Labute approximate surface area is 390 Å². The summed E-state index contributed by atoms with van der Waals surface area (Å²) in [5.74, 6) is 0.0856. The maximum absolute atomic E-state index is 5.16. The van der Waals surface area contributed by atoms with Crippen molar-refractivity contribution in [2.45, 2.75) is 30.6 Å². The lowest BCUT2D eigenvalue weighted by Gasteiger charge is -2.34. The summed E-state index contributed by atoms with van der Waals surface area (Å²) < 4.78 is 0. The van der Waals surface area contributed by atoms with Crippen LogP contribution in [0.25, 0.3) is 50.5 Å². The molecule has 3 aromatic heterocycles. The number of hydrogen-bond donors (Lipinski definition) is 0. The average molecular weight is 861 g/mol. The van der Waals surface area contributed by atoms with Crippen molar-refractivity contribution < 1.29 is 0 Å². The number of nitrogens with zero attached hydrogens (tertiary/aromatic N) is 6. The van der Waals surface area contributed by atoms with E-state index in [2.05, 4.69) is 202 Å². The standard InChI is InChI=1S/C61H44N6/c1-3-17-51(18-4-1)61(52-19-5-2-6-20-52)55-22-8-7-21-53(55)54-28-27-43(34-56(54)61)48-32-46(41-13-9-15-44(29-41)57-23-11-25-59(66-57)49-35-62-39-63-36-49)31-47(33-48)42-14-10-16-45(30-42)58-24-12-26-60(67-58)50-37-64-40-65-38-50/h1-11,13-23,25-31,33-40,46H,12,24,32H2. The zero-order valence-electron chi connectivity index (χ0n) is 36.7. The molecule has 0 saturated carbocycles. The van der Waals surface area contributed by atoms with Gasteiger partial charge in [0.1, 0.15) is 12.7 Å². The van der Waals surface area contributed by atoms with Crippen LogP contribution in [-0.2, 0) is 5.41 Å². The van der Waals surface area contributed by atoms with Gasteiger partial charge in [0.15, 0.2) is 0 Å². The van der Waals surface area contributed by atoms with Crippen LogP contribution in [0.5, 0.6) is 0 Å². The highest BCUT2D eigenvalue weighted by molar-refractivity contribution is 6.05. The fourth-order valence-corrected chi connectivity index (χ4v) is 10.5. The molecule has 0 fully saturated rings. The summed E-state index contributed by atoms with van der Waals surface area (Å²) >= 11 is 0. The first-order valence-corrected chi connectivity index (χ1v) is 22.9. The third-order valence-electron chi connectivity index (χ3n) is 13.6. The van der Waals surface area contributed by atoms with E-state index in [0.29, 0.717) is 0 Å². The van der Waals surface area contributed by atoms with E-state index in [1.54, 1.807) is 12.7 Å². The molecule has 1 atom stereocenters. The summed E-state index contributed by atoms with van der Waals surface area (Å²) in [6, 6.07) is 62.3. The molecule has 1 unspecified atom stereocenters. The van der Waals surface area contributed by atoms with Crippen LogP contribution in [0.4, 0.5) is 0 Å². The number of aliphatic imine (C=N–C) groups is 1. The van der Waals surface area contributed by atoms with Crippen molar-refractivity contribution >= 4 is 22.6 Å². The Kier molecular flexibility index (Phi) is 10.3. The summed E-state index contributed by atoms with van der Waals surface area (Å²) in [5.41, 5.74) is 21.1. The van der Waals surface area contributed by atoms with E-state index in [-0.39, 0.29) is 5.92 Å². The minimum Gasteiger partial charge on any atom is -0.252 e. The Bertz CT molecular complexity index is 3390. The largest absolute Gasteiger partial charge is 0.252 e.